The fourth-order valence-electron chi connectivity index (χ4n) is 1.52. The maximum Gasteiger partial charge on any atom is 0.129 e. The Morgan fingerprint density at radius 1 is 1.36 bits per heavy atom. The van der Waals surface area contributed by atoms with E-state index in [2.05, 4.69) is 0 Å². The van der Waals surface area contributed by atoms with Crippen molar-refractivity contribution >= 4 is 11.6 Å². The smallest absolute Gasteiger partial charge is 0.129 e. The Bertz CT molecular complexity index is 321. The third-order valence-corrected chi connectivity index (χ3v) is 2.96. The summed E-state index contributed by atoms with van der Waals surface area (Å²) in [5.74, 6) is -0.316. The van der Waals surface area contributed by atoms with Crippen molar-refractivity contribution in [3.63, 3.8) is 0 Å². The van der Waals surface area contributed by atoms with Gasteiger partial charge in [0, 0.05) is 16.1 Å². The van der Waals surface area contributed by atoms with Crippen LogP contribution in [-0.2, 0) is 5.54 Å². The van der Waals surface area contributed by atoms with Crippen LogP contribution in [-0.4, -0.2) is 0 Å². The fourth-order valence-corrected chi connectivity index (χ4v) is 1.68. The normalized spacial score (nSPS) is 11.8. The van der Waals surface area contributed by atoms with E-state index in [9.17, 15) is 4.39 Å². The summed E-state index contributed by atoms with van der Waals surface area (Å²) < 4.78 is 13.6. The molecule has 0 aliphatic rings. The van der Waals surface area contributed by atoms with E-state index in [0.717, 1.165) is 0 Å². The molecule has 0 unspecified atom stereocenters. The Kier molecular flexibility index (Phi) is 3.51. The maximum absolute atomic E-state index is 13.6. The van der Waals surface area contributed by atoms with Crippen LogP contribution < -0.4 is 5.73 Å². The SMILES string of the molecule is CCC(N)(CC)c1ccc(Cl)cc1F. The number of hydrogen-bond donors (Lipinski definition) is 1. The van der Waals surface area contributed by atoms with Gasteiger partial charge in [-0.1, -0.05) is 31.5 Å². The number of rotatable bonds is 3. The van der Waals surface area contributed by atoms with E-state index in [0.29, 0.717) is 23.4 Å². The molecule has 0 fully saturated rings. The van der Waals surface area contributed by atoms with Crippen LogP contribution in [0.3, 0.4) is 0 Å². The van der Waals surface area contributed by atoms with Gasteiger partial charge in [-0.05, 0) is 25.0 Å². The lowest BCUT2D eigenvalue weighted by Gasteiger charge is -2.27. The van der Waals surface area contributed by atoms with Crippen LogP contribution in [0.25, 0.3) is 0 Å². The van der Waals surface area contributed by atoms with E-state index in [1.165, 1.54) is 6.07 Å². The topological polar surface area (TPSA) is 26.0 Å². The zero-order chi connectivity index (χ0) is 10.8. The highest BCUT2D eigenvalue weighted by Gasteiger charge is 2.25. The maximum atomic E-state index is 13.6. The van der Waals surface area contributed by atoms with Crippen molar-refractivity contribution in [2.24, 2.45) is 5.73 Å². The molecule has 0 atom stereocenters. The number of halogens is 2. The predicted molar refractivity (Wildman–Crippen MR) is 57.9 cm³/mol. The third-order valence-electron chi connectivity index (χ3n) is 2.73. The van der Waals surface area contributed by atoms with Crippen molar-refractivity contribution in [3.8, 4) is 0 Å². The fraction of sp³-hybridized carbons (Fsp3) is 0.455. The lowest BCUT2D eigenvalue weighted by molar-refractivity contribution is 0.392. The second-order valence-electron chi connectivity index (χ2n) is 3.49. The van der Waals surface area contributed by atoms with E-state index in [1.807, 2.05) is 13.8 Å². The van der Waals surface area contributed by atoms with Crippen LogP contribution >= 0.6 is 11.6 Å². The van der Waals surface area contributed by atoms with Crippen molar-refractivity contribution in [3.05, 3.63) is 34.6 Å². The molecule has 0 spiro atoms. The van der Waals surface area contributed by atoms with Crippen molar-refractivity contribution in [1.29, 1.82) is 0 Å². The number of nitrogens with two attached hydrogens (primary N) is 1. The van der Waals surface area contributed by atoms with Crippen LogP contribution in [0.2, 0.25) is 5.02 Å². The quantitative estimate of drug-likeness (QED) is 0.821. The predicted octanol–water partition coefficient (Wildman–Crippen LogP) is 3.45. The highest BCUT2D eigenvalue weighted by Crippen LogP contribution is 2.29. The second-order valence-corrected chi connectivity index (χ2v) is 3.92. The first-order valence-corrected chi connectivity index (χ1v) is 5.15. The molecule has 14 heavy (non-hydrogen) atoms. The molecule has 0 aromatic heterocycles. The first kappa shape index (κ1) is 11.5. The monoisotopic (exact) mass is 215 g/mol. The number of benzene rings is 1. The van der Waals surface area contributed by atoms with Gasteiger partial charge < -0.3 is 5.73 Å². The molecule has 0 heterocycles. The molecule has 0 aliphatic heterocycles. The van der Waals surface area contributed by atoms with Crippen LogP contribution in [0.5, 0.6) is 0 Å². The van der Waals surface area contributed by atoms with E-state index < -0.39 is 5.54 Å². The second kappa shape index (κ2) is 4.28. The Balaban J connectivity index is 3.17. The molecular formula is C11H15ClFN. The lowest BCUT2D eigenvalue weighted by Crippen LogP contribution is -2.36. The van der Waals surface area contributed by atoms with Gasteiger partial charge in [0.05, 0.1) is 0 Å². The average Bonchev–Trinajstić information content (AvgIpc) is 2.17. The first-order valence-electron chi connectivity index (χ1n) is 4.78. The highest BCUT2D eigenvalue weighted by molar-refractivity contribution is 6.30. The molecule has 1 nitrogen and oxygen atoms in total. The molecule has 1 aromatic carbocycles. The summed E-state index contributed by atoms with van der Waals surface area (Å²) in [4.78, 5) is 0. The molecule has 78 valence electrons. The van der Waals surface area contributed by atoms with Gasteiger partial charge in [0.2, 0.25) is 0 Å². The van der Waals surface area contributed by atoms with Crippen LogP contribution in [0.1, 0.15) is 32.3 Å². The number of hydrogen-bond acceptors (Lipinski definition) is 1. The molecular weight excluding hydrogens is 201 g/mol. The van der Waals surface area contributed by atoms with Crippen molar-refractivity contribution < 1.29 is 4.39 Å². The Morgan fingerprint density at radius 2 is 1.93 bits per heavy atom. The summed E-state index contributed by atoms with van der Waals surface area (Å²) in [6.45, 7) is 3.91. The molecule has 0 aliphatic carbocycles. The molecule has 3 heteroatoms. The van der Waals surface area contributed by atoms with Crippen LogP contribution in [0, 0.1) is 5.82 Å². The van der Waals surface area contributed by atoms with Gasteiger partial charge in [0.25, 0.3) is 0 Å². The Morgan fingerprint density at radius 3 is 2.36 bits per heavy atom. The van der Waals surface area contributed by atoms with Gasteiger partial charge >= 0.3 is 0 Å². The summed E-state index contributed by atoms with van der Waals surface area (Å²) in [5, 5.41) is 0.404. The molecule has 0 saturated heterocycles. The van der Waals surface area contributed by atoms with E-state index >= 15 is 0 Å². The van der Waals surface area contributed by atoms with E-state index in [4.69, 9.17) is 17.3 Å². The average molecular weight is 216 g/mol. The molecule has 0 bridgehead atoms. The van der Waals surface area contributed by atoms with Gasteiger partial charge in [0.15, 0.2) is 0 Å². The highest BCUT2D eigenvalue weighted by atomic mass is 35.5. The van der Waals surface area contributed by atoms with Gasteiger partial charge in [-0.2, -0.15) is 0 Å². The lowest BCUT2D eigenvalue weighted by atomic mass is 9.85. The molecule has 0 saturated carbocycles. The molecule has 0 radical (unpaired) electrons. The Hall–Kier alpha value is -0.600. The largest absolute Gasteiger partial charge is 0.321 e. The zero-order valence-electron chi connectivity index (χ0n) is 8.48. The summed E-state index contributed by atoms with van der Waals surface area (Å²) in [7, 11) is 0. The standard InChI is InChI=1S/C11H15ClFN/c1-3-11(14,4-2)9-6-5-8(12)7-10(9)13/h5-7H,3-4,14H2,1-2H3. The zero-order valence-corrected chi connectivity index (χ0v) is 9.24. The van der Waals surface area contributed by atoms with Crippen LogP contribution in [0.15, 0.2) is 18.2 Å². The van der Waals surface area contributed by atoms with Crippen molar-refractivity contribution in [2.45, 2.75) is 32.2 Å². The van der Waals surface area contributed by atoms with Gasteiger partial charge in [-0.15, -0.1) is 0 Å². The van der Waals surface area contributed by atoms with Gasteiger partial charge in [-0.25, -0.2) is 4.39 Å². The van der Waals surface area contributed by atoms with E-state index in [1.54, 1.807) is 12.1 Å². The van der Waals surface area contributed by atoms with Crippen LogP contribution in [0.4, 0.5) is 4.39 Å². The third kappa shape index (κ3) is 2.07. The summed E-state index contributed by atoms with van der Waals surface area (Å²) in [5.41, 5.74) is 6.06. The molecule has 0 amide bonds. The minimum atomic E-state index is -0.575. The van der Waals surface area contributed by atoms with E-state index in [-0.39, 0.29) is 5.82 Å². The summed E-state index contributed by atoms with van der Waals surface area (Å²) in [6, 6.07) is 4.65. The molecule has 2 N–H and O–H groups in total. The van der Waals surface area contributed by atoms with Gasteiger partial charge in [-0.3, -0.25) is 0 Å². The van der Waals surface area contributed by atoms with Crippen molar-refractivity contribution in [2.75, 3.05) is 0 Å². The summed E-state index contributed by atoms with van der Waals surface area (Å²) in [6.07, 6.45) is 1.42. The minimum absolute atomic E-state index is 0.316. The molecule has 1 aromatic rings. The minimum Gasteiger partial charge on any atom is -0.321 e. The first-order chi connectivity index (χ1) is 6.53. The summed E-state index contributed by atoms with van der Waals surface area (Å²) >= 11 is 5.67. The Labute approximate surface area is 89.1 Å². The van der Waals surface area contributed by atoms with Crippen molar-refractivity contribution in [1.82, 2.24) is 0 Å². The molecule has 1 rings (SSSR count). The van der Waals surface area contributed by atoms with Gasteiger partial charge in [0.1, 0.15) is 5.82 Å².